The highest BCUT2D eigenvalue weighted by molar-refractivity contribution is 7.98. The molecule has 0 bridgehead atoms. The van der Waals surface area contributed by atoms with E-state index in [1.807, 2.05) is 18.5 Å². The van der Waals surface area contributed by atoms with Crippen LogP contribution in [-0.2, 0) is 0 Å². The molecule has 1 saturated heterocycles. The van der Waals surface area contributed by atoms with Crippen LogP contribution in [0.15, 0.2) is 17.4 Å². The van der Waals surface area contributed by atoms with E-state index in [2.05, 4.69) is 14.9 Å². The molecule has 0 saturated carbocycles. The molecule has 1 aromatic heterocycles. The van der Waals surface area contributed by atoms with Crippen molar-refractivity contribution in [3.63, 3.8) is 0 Å². The molecule has 1 fully saturated rings. The van der Waals surface area contributed by atoms with Crippen molar-refractivity contribution in [1.29, 1.82) is 0 Å². The number of hydrogen-bond donors (Lipinski definition) is 1. The molecule has 88 valence electrons. The Labute approximate surface area is 101 Å². The van der Waals surface area contributed by atoms with Crippen LogP contribution in [0.4, 0.5) is 5.82 Å². The number of aromatic nitrogens is 2. The molecule has 0 radical (unpaired) electrons. The van der Waals surface area contributed by atoms with Crippen molar-refractivity contribution in [2.24, 2.45) is 5.73 Å². The number of rotatable bonds is 3. The normalized spacial score (nSPS) is 21.1. The average molecular weight is 238 g/mol. The second-order valence-electron chi connectivity index (χ2n) is 3.98. The third-order valence-electron chi connectivity index (χ3n) is 2.99. The molecule has 0 aliphatic carbocycles. The van der Waals surface area contributed by atoms with E-state index >= 15 is 0 Å². The zero-order valence-corrected chi connectivity index (χ0v) is 10.4. The quantitative estimate of drug-likeness (QED) is 0.639. The van der Waals surface area contributed by atoms with Crippen LogP contribution in [0.2, 0.25) is 0 Å². The van der Waals surface area contributed by atoms with Gasteiger partial charge in [0.25, 0.3) is 0 Å². The van der Waals surface area contributed by atoms with E-state index in [0.717, 1.165) is 17.5 Å². The van der Waals surface area contributed by atoms with Crippen LogP contribution < -0.4 is 10.6 Å². The fourth-order valence-electron chi connectivity index (χ4n) is 2.14. The molecule has 2 heterocycles. The Morgan fingerprint density at radius 1 is 1.56 bits per heavy atom. The Morgan fingerprint density at radius 3 is 3.19 bits per heavy atom. The van der Waals surface area contributed by atoms with Gasteiger partial charge in [0.2, 0.25) is 0 Å². The lowest BCUT2D eigenvalue weighted by molar-refractivity contribution is 0.461. The molecule has 1 aromatic rings. The lowest BCUT2D eigenvalue weighted by Crippen LogP contribution is -2.44. The average Bonchev–Trinajstić information content (AvgIpc) is 2.38. The van der Waals surface area contributed by atoms with Gasteiger partial charge in [-0.1, -0.05) is 11.8 Å². The highest BCUT2D eigenvalue weighted by Crippen LogP contribution is 2.23. The largest absolute Gasteiger partial charge is 0.352 e. The number of thioether (sulfide) groups is 1. The van der Waals surface area contributed by atoms with E-state index in [-0.39, 0.29) is 0 Å². The summed E-state index contributed by atoms with van der Waals surface area (Å²) in [6, 6.07) is 2.42. The summed E-state index contributed by atoms with van der Waals surface area (Å²) in [4.78, 5) is 11.1. The van der Waals surface area contributed by atoms with Crippen molar-refractivity contribution in [2.45, 2.75) is 30.5 Å². The summed E-state index contributed by atoms with van der Waals surface area (Å²) in [5.41, 5.74) is 5.81. The molecule has 0 aromatic carbocycles. The first-order chi connectivity index (χ1) is 7.85. The molecule has 1 aliphatic heterocycles. The van der Waals surface area contributed by atoms with Gasteiger partial charge in [-0.05, 0) is 31.6 Å². The second kappa shape index (κ2) is 5.50. The van der Waals surface area contributed by atoms with Crippen LogP contribution in [0.3, 0.4) is 0 Å². The van der Waals surface area contributed by atoms with Crippen LogP contribution in [-0.4, -0.2) is 35.4 Å². The van der Waals surface area contributed by atoms with E-state index in [0.29, 0.717) is 12.6 Å². The Morgan fingerprint density at radius 2 is 2.44 bits per heavy atom. The number of piperidine rings is 1. The van der Waals surface area contributed by atoms with Crippen molar-refractivity contribution >= 4 is 17.6 Å². The first-order valence-corrected chi connectivity index (χ1v) is 6.91. The molecular weight excluding hydrogens is 220 g/mol. The van der Waals surface area contributed by atoms with Crippen LogP contribution in [0, 0.1) is 0 Å². The Hall–Kier alpha value is -0.810. The summed E-state index contributed by atoms with van der Waals surface area (Å²) in [5.74, 6) is 1.02. The molecule has 16 heavy (non-hydrogen) atoms. The predicted octanol–water partition coefficient (Wildman–Crippen LogP) is 1.52. The number of nitrogens with zero attached hydrogens (tertiary/aromatic N) is 3. The summed E-state index contributed by atoms with van der Waals surface area (Å²) >= 11 is 1.58. The Bertz CT molecular complexity index is 345. The molecule has 2 N–H and O–H groups in total. The van der Waals surface area contributed by atoms with Crippen LogP contribution >= 0.6 is 11.8 Å². The van der Waals surface area contributed by atoms with Gasteiger partial charge in [0.05, 0.1) is 0 Å². The van der Waals surface area contributed by atoms with Crippen LogP contribution in [0.1, 0.15) is 19.3 Å². The topological polar surface area (TPSA) is 55.0 Å². The van der Waals surface area contributed by atoms with Crippen molar-refractivity contribution in [3.05, 3.63) is 12.3 Å². The first kappa shape index (κ1) is 11.7. The Balaban J connectivity index is 2.20. The van der Waals surface area contributed by atoms with Crippen LogP contribution in [0.5, 0.6) is 0 Å². The first-order valence-electron chi connectivity index (χ1n) is 5.69. The maximum atomic E-state index is 5.81. The van der Waals surface area contributed by atoms with Crippen LogP contribution in [0.25, 0.3) is 0 Å². The molecular formula is C11H18N4S. The lowest BCUT2D eigenvalue weighted by Gasteiger charge is -2.35. The minimum atomic E-state index is 0.443. The Kier molecular flexibility index (Phi) is 4.01. The maximum absolute atomic E-state index is 5.81. The van der Waals surface area contributed by atoms with Crippen molar-refractivity contribution in [2.75, 3.05) is 24.2 Å². The van der Waals surface area contributed by atoms with E-state index in [4.69, 9.17) is 5.73 Å². The molecule has 4 nitrogen and oxygen atoms in total. The number of nitrogens with two attached hydrogens (primary N) is 1. The molecule has 0 amide bonds. The van der Waals surface area contributed by atoms with Gasteiger partial charge in [0.15, 0.2) is 5.16 Å². The van der Waals surface area contributed by atoms with E-state index < -0.39 is 0 Å². The third kappa shape index (κ3) is 2.47. The lowest BCUT2D eigenvalue weighted by atomic mass is 10.0. The van der Waals surface area contributed by atoms with E-state index in [9.17, 15) is 0 Å². The van der Waals surface area contributed by atoms with Gasteiger partial charge in [-0.2, -0.15) is 0 Å². The van der Waals surface area contributed by atoms with Gasteiger partial charge in [-0.3, -0.25) is 0 Å². The fraction of sp³-hybridized carbons (Fsp3) is 0.636. The summed E-state index contributed by atoms with van der Waals surface area (Å²) in [6.45, 7) is 1.77. The summed E-state index contributed by atoms with van der Waals surface area (Å²) in [5, 5.41) is 0.832. The van der Waals surface area contributed by atoms with E-state index in [1.54, 1.807) is 11.8 Å². The second-order valence-corrected chi connectivity index (χ2v) is 4.75. The van der Waals surface area contributed by atoms with Crippen molar-refractivity contribution in [3.8, 4) is 0 Å². The zero-order chi connectivity index (χ0) is 11.4. The third-order valence-corrected chi connectivity index (χ3v) is 3.56. The fourth-order valence-corrected chi connectivity index (χ4v) is 2.49. The van der Waals surface area contributed by atoms with Gasteiger partial charge in [-0.15, -0.1) is 0 Å². The molecule has 0 unspecified atom stereocenters. The standard InChI is InChI=1S/C11H18N4S/c1-16-11-13-6-5-10(14-11)15-7-3-2-4-9(15)8-12/h5-6,9H,2-4,7-8,12H2,1H3/t9-/m1/s1. The molecule has 5 heteroatoms. The predicted molar refractivity (Wildman–Crippen MR) is 67.9 cm³/mol. The van der Waals surface area contributed by atoms with Gasteiger partial charge in [-0.25, -0.2) is 9.97 Å². The minimum absolute atomic E-state index is 0.443. The van der Waals surface area contributed by atoms with Gasteiger partial charge >= 0.3 is 0 Å². The summed E-state index contributed by atoms with van der Waals surface area (Å²) in [6.07, 6.45) is 7.51. The van der Waals surface area contributed by atoms with Gasteiger partial charge < -0.3 is 10.6 Å². The highest BCUT2D eigenvalue weighted by atomic mass is 32.2. The maximum Gasteiger partial charge on any atom is 0.189 e. The minimum Gasteiger partial charge on any atom is -0.352 e. The van der Waals surface area contributed by atoms with Crippen molar-refractivity contribution in [1.82, 2.24) is 9.97 Å². The summed E-state index contributed by atoms with van der Waals surface area (Å²) in [7, 11) is 0. The summed E-state index contributed by atoms with van der Waals surface area (Å²) < 4.78 is 0. The molecule has 1 aliphatic rings. The molecule has 2 rings (SSSR count). The molecule has 0 spiro atoms. The number of hydrogen-bond acceptors (Lipinski definition) is 5. The highest BCUT2D eigenvalue weighted by Gasteiger charge is 2.22. The number of anilines is 1. The van der Waals surface area contributed by atoms with Gasteiger partial charge in [0.1, 0.15) is 5.82 Å². The van der Waals surface area contributed by atoms with E-state index in [1.165, 1.54) is 19.3 Å². The van der Waals surface area contributed by atoms with Crippen molar-refractivity contribution < 1.29 is 0 Å². The molecule has 1 atom stereocenters. The zero-order valence-electron chi connectivity index (χ0n) is 9.59. The SMILES string of the molecule is CSc1nccc(N2CCCC[C@@H]2CN)n1. The van der Waals surface area contributed by atoms with Gasteiger partial charge in [0, 0.05) is 25.3 Å². The smallest absolute Gasteiger partial charge is 0.189 e. The monoisotopic (exact) mass is 238 g/mol.